The van der Waals surface area contributed by atoms with Crippen molar-refractivity contribution in [2.45, 2.75) is 24.2 Å². The number of halogens is 2. The highest BCUT2D eigenvalue weighted by Gasteiger charge is 2.24. The van der Waals surface area contributed by atoms with E-state index < -0.39 is 26.6 Å². The van der Waals surface area contributed by atoms with Gasteiger partial charge >= 0.3 is 0 Å². The Bertz CT molecular complexity index is 520. The molecule has 0 bridgehead atoms. The third-order valence-corrected chi connectivity index (χ3v) is 4.60. The first-order valence-corrected chi connectivity index (χ1v) is 7.36. The smallest absolute Gasteiger partial charge is 0.245 e. The van der Waals surface area contributed by atoms with Gasteiger partial charge in [-0.15, -0.1) is 0 Å². The van der Waals surface area contributed by atoms with Gasteiger partial charge in [-0.3, -0.25) is 0 Å². The number of hydrogen-bond donors (Lipinski definition) is 1. The van der Waals surface area contributed by atoms with Crippen LogP contribution in [-0.2, 0) is 10.0 Å². The third kappa shape index (κ3) is 4.22. The SMILES string of the molecule is CN(CCCCCO)S(=O)(=O)c1ccc(F)cc1F. The van der Waals surface area contributed by atoms with Crippen molar-refractivity contribution in [3.8, 4) is 0 Å². The zero-order chi connectivity index (χ0) is 14.5. The molecule has 1 rings (SSSR count). The lowest BCUT2D eigenvalue weighted by molar-refractivity contribution is 0.281. The topological polar surface area (TPSA) is 57.6 Å². The predicted octanol–water partition coefficient (Wildman–Crippen LogP) is 1.75. The molecule has 0 atom stereocenters. The molecular formula is C12H17F2NO3S. The number of benzene rings is 1. The molecule has 0 aliphatic heterocycles. The highest BCUT2D eigenvalue weighted by molar-refractivity contribution is 7.89. The van der Waals surface area contributed by atoms with E-state index in [-0.39, 0.29) is 13.2 Å². The second-order valence-corrected chi connectivity index (χ2v) is 6.20. The monoisotopic (exact) mass is 293 g/mol. The van der Waals surface area contributed by atoms with Crippen LogP contribution in [0.5, 0.6) is 0 Å². The van der Waals surface area contributed by atoms with Crippen LogP contribution in [0.2, 0.25) is 0 Å². The minimum atomic E-state index is -3.94. The zero-order valence-electron chi connectivity index (χ0n) is 10.6. The minimum absolute atomic E-state index is 0.0586. The zero-order valence-corrected chi connectivity index (χ0v) is 11.5. The lowest BCUT2D eigenvalue weighted by atomic mass is 10.2. The Morgan fingerprint density at radius 3 is 2.47 bits per heavy atom. The van der Waals surface area contributed by atoms with E-state index in [1.807, 2.05) is 0 Å². The van der Waals surface area contributed by atoms with Crippen molar-refractivity contribution >= 4 is 10.0 Å². The van der Waals surface area contributed by atoms with Gasteiger partial charge in [0.05, 0.1) is 0 Å². The summed E-state index contributed by atoms with van der Waals surface area (Å²) in [4.78, 5) is -0.529. The molecule has 4 nitrogen and oxygen atoms in total. The average molecular weight is 293 g/mol. The molecule has 1 N–H and O–H groups in total. The Morgan fingerprint density at radius 2 is 1.89 bits per heavy atom. The number of aliphatic hydroxyl groups is 1. The lowest BCUT2D eigenvalue weighted by Crippen LogP contribution is -2.28. The van der Waals surface area contributed by atoms with E-state index in [9.17, 15) is 17.2 Å². The molecule has 0 aliphatic carbocycles. The summed E-state index contributed by atoms with van der Waals surface area (Å²) in [5, 5.41) is 8.61. The second-order valence-electron chi connectivity index (χ2n) is 4.19. The summed E-state index contributed by atoms with van der Waals surface area (Å²) in [7, 11) is -2.60. The Kier molecular flexibility index (Phi) is 5.84. The maximum Gasteiger partial charge on any atom is 0.245 e. The van der Waals surface area contributed by atoms with Crippen LogP contribution in [0.1, 0.15) is 19.3 Å². The molecular weight excluding hydrogens is 276 g/mol. The maximum absolute atomic E-state index is 13.5. The number of hydrogen-bond acceptors (Lipinski definition) is 3. The molecule has 0 saturated heterocycles. The average Bonchev–Trinajstić information content (AvgIpc) is 2.33. The summed E-state index contributed by atoms with van der Waals surface area (Å²) in [6.07, 6.45) is 1.85. The van der Waals surface area contributed by atoms with Crippen molar-refractivity contribution in [2.75, 3.05) is 20.2 Å². The molecule has 0 aliphatic rings. The van der Waals surface area contributed by atoms with E-state index in [4.69, 9.17) is 5.11 Å². The van der Waals surface area contributed by atoms with Crippen LogP contribution in [0.4, 0.5) is 8.78 Å². The van der Waals surface area contributed by atoms with Gasteiger partial charge in [0.1, 0.15) is 16.5 Å². The van der Waals surface area contributed by atoms with Gasteiger partial charge in [-0.1, -0.05) is 0 Å². The molecule has 0 radical (unpaired) electrons. The Morgan fingerprint density at radius 1 is 1.21 bits per heavy atom. The molecule has 1 aromatic carbocycles. The summed E-state index contributed by atoms with van der Waals surface area (Å²) in [5.74, 6) is -1.91. The molecule has 19 heavy (non-hydrogen) atoms. The van der Waals surface area contributed by atoms with Gasteiger partial charge in [-0.2, -0.15) is 0 Å². The Balaban J connectivity index is 2.79. The molecule has 0 spiro atoms. The standard InChI is InChI=1S/C12H17F2NO3S/c1-15(7-3-2-4-8-16)19(17,18)12-6-5-10(13)9-11(12)14/h5-6,9,16H,2-4,7-8H2,1H3. The largest absolute Gasteiger partial charge is 0.396 e. The summed E-state index contributed by atoms with van der Waals surface area (Å²) in [5.41, 5.74) is 0. The fourth-order valence-corrected chi connectivity index (χ4v) is 2.85. The first-order valence-electron chi connectivity index (χ1n) is 5.92. The molecule has 0 heterocycles. The van der Waals surface area contributed by atoms with E-state index in [2.05, 4.69) is 0 Å². The summed E-state index contributed by atoms with van der Waals surface area (Å²) in [6.45, 7) is 0.280. The fourth-order valence-electron chi connectivity index (χ4n) is 1.60. The predicted molar refractivity (Wildman–Crippen MR) is 67.1 cm³/mol. The first kappa shape index (κ1) is 16.0. The van der Waals surface area contributed by atoms with Gasteiger partial charge in [0, 0.05) is 26.3 Å². The Labute approximate surface area is 111 Å². The van der Waals surface area contributed by atoms with Gasteiger partial charge in [0.2, 0.25) is 10.0 Å². The van der Waals surface area contributed by atoms with Crippen LogP contribution in [0, 0.1) is 11.6 Å². The number of sulfonamides is 1. The number of rotatable bonds is 7. The van der Waals surface area contributed by atoms with Crippen molar-refractivity contribution in [3.05, 3.63) is 29.8 Å². The van der Waals surface area contributed by atoms with Crippen LogP contribution in [0.25, 0.3) is 0 Å². The van der Waals surface area contributed by atoms with E-state index in [0.29, 0.717) is 25.3 Å². The van der Waals surface area contributed by atoms with E-state index in [1.165, 1.54) is 7.05 Å². The Hall–Kier alpha value is -1.05. The van der Waals surface area contributed by atoms with Crippen LogP contribution in [-0.4, -0.2) is 38.0 Å². The van der Waals surface area contributed by atoms with Crippen LogP contribution in [0.15, 0.2) is 23.1 Å². The lowest BCUT2D eigenvalue weighted by Gasteiger charge is -2.17. The van der Waals surface area contributed by atoms with Crippen molar-refractivity contribution in [1.82, 2.24) is 4.31 Å². The number of nitrogens with zero attached hydrogens (tertiary/aromatic N) is 1. The summed E-state index contributed by atoms with van der Waals surface area (Å²) in [6, 6.07) is 2.38. The third-order valence-electron chi connectivity index (χ3n) is 2.71. The molecule has 108 valence electrons. The van der Waals surface area contributed by atoms with Crippen LogP contribution < -0.4 is 0 Å². The molecule has 0 saturated carbocycles. The van der Waals surface area contributed by atoms with Crippen LogP contribution in [0.3, 0.4) is 0 Å². The van der Waals surface area contributed by atoms with Crippen molar-refractivity contribution in [1.29, 1.82) is 0 Å². The van der Waals surface area contributed by atoms with E-state index in [0.717, 1.165) is 16.4 Å². The van der Waals surface area contributed by atoms with Crippen molar-refractivity contribution < 1.29 is 22.3 Å². The van der Waals surface area contributed by atoms with Gasteiger partial charge in [-0.25, -0.2) is 21.5 Å². The highest BCUT2D eigenvalue weighted by atomic mass is 32.2. The molecule has 0 amide bonds. The first-order chi connectivity index (χ1) is 8.89. The van der Waals surface area contributed by atoms with Gasteiger partial charge in [0.15, 0.2) is 0 Å². The highest BCUT2D eigenvalue weighted by Crippen LogP contribution is 2.19. The second kappa shape index (κ2) is 6.93. The van der Waals surface area contributed by atoms with Crippen molar-refractivity contribution in [3.63, 3.8) is 0 Å². The van der Waals surface area contributed by atoms with Crippen LogP contribution >= 0.6 is 0 Å². The normalized spacial score (nSPS) is 12.1. The number of unbranched alkanes of at least 4 members (excludes halogenated alkanes) is 2. The molecule has 7 heteroatoms. The van der Waals surface area contributed by atoms with Gasteiger partial charge in [0.25, 0.3) is 0 Å². The fraction of sp³-hybridized carbons (Fsp3) is 0.500. The summed E-state index contributed by atoms with van der Waals surface area (Å²) < 4.78 is 51.3. The molecule has 1 aromatic rings. The maximum atomic E-state index is 13.5. The molecule has 0 aromatic heterocycles. The molecule has 0 fully saturated rings. The molecule has 0 unspecified atom stereocenters. The quantitative estimate of drug-likeness (QED) is 0.779. The summed E-state index contributed by atoms with van der Waals surface area (Å²) >= 11 is 0. The van der Waals surface area contributed by atoms with E-state index >= 15 is 0 Å². The minimum Gasteiger partial charge on any atom is -0.396 e. The van der Waals surface area contributed by atoms with Crippen molar-refractivity contribution in [2.24, 2.45) is 0 Å². The van der Waals surface area contributed by atoms with Gasteiger partial charge in [-0.05, 0) is 31.4 Å². The van der Waals surface area contributed by atoms with E-state index in [1.54, 1.807) is 0 Å². The number of aliphatic hydroxyl groups excluding tert-OH is 1. The van der Waals surface area contributed by atoms with Gasteiger partial charge < -0.3 is 5.11 Å².